The third-order valence-electron chi connectivity index (χ3n) is 3.88. The van der Waals surface area contributed by atoms with Gasteiger partial charge in [-0.3, -0.25) is 0 Å². The molecular formula is C13H26N2O. The van der Waals surface area contributed by atoms with Crippen molar-refractivity contribution in [1.29, 1.82) is 0 Å². The van der Waals surface area contributed by atoms with Crippen molar-refractivity contribution >= 4 is 0 Å². The first kappa shape index (κ1) is 12.3. The molecular weight excluding hydrogens is 200 g/mol. The van der Waals surface area contributed by atoms with Crippen LogP contribution in [0.1, 0.15) is 39.0 Å². The van der Waals surface area contributed by atoms with Crippen LogP contribution >= 0.6 is 0 Å². The van der Waals surface area contributed by atoms with Crippen LogP contribution < -0.4 is 10.6 Å². The lowest BCUT2D eigenvalue weighted by Gasteiger charge is -2.21. The lowest BCUT2D eigenvalue weighted by Crippen LogP contribution is -2.42. The number of nitrogens with one attached hydrogen (secondary N) is 2. The molecule has 1 saturated carbocycles. The summed E-state index contributed by atoms with van der Waals surface area (Å²) < 4.78 is 5.58. The predicted molar refractivity (Wildman–Crippen MR) is 66.6 cm³/mol. The maximum atomic E-state index is 5.58. The highest BCUT2D eigenvalue weighted by atomic mass is 16.5. The normalized spacial score (nSPS) is 31.3. The van der Waals surface area contributed by atoms with E-state index in [1.54, 1.807) is 0 Å². The fraction of sp³-hybridized carbons (Fsp3) is 1.00. The second kappa shape index (κ2) is 6.58. The monoisotopic (exact) mass is 226 g/mol. The SMILES string of the molecule is CCCNC1COCC1CNC1CCCC1. The van der Waals surface area contributed by atoms with E-state index in [4.69, 9.17) is 4.74 Å². The van der Waals surface area contributed by atoms with Gasteiger partial charge in [0.1, 0.15) is 0 Å². The lowest BCUT2D eigenvalue weighted by atomic mass is 10.0. The van der Waals surface area contributed by atoms with E-state index in [-0.39, 0.29) is 0 Å². The van der Waals surface area contributed by atoms with Crippen molar-refractivity contribution in [2.45, 2.75) is 51.1 Å². The van der Waals surface area contributed by atoms with Gasteiger partial charge in [-0.2, -0.15) is 0 Å². The second-order valence-corrected chi connectivity index (χ2v) is 5.25. The topological polar surface area (TPSA) is 33.3 Å². The van der Waals surface area contributed by atoms with Crippen LogP contribution in [0.15, 0.2) is 0 Å². The molecule has 2 aliphatic rings. The van der Waals surface area contributed by atoms with Gasteiger partial charge in [-0.25, -0.2) is 0 Å². The van der Waals surface area contributed by atoms with Crippen LogP contribution in [0.3, 0.4) is 0 Å². The first-order valence-corrected chi connectivity index (χ1v) is 6.94. The Kier molecular flexibility index (Phi) is 5.07. The summed E-state index contributed by atoms with van der Waals surface area (Å²) in [4.78, 5) is 0. The van der Waals surface area contributed by atoms with E-state index >= 15 is 0 Å². The Labute approximate surface area is 99.3 Å². The molecule has 1 aliphatic heterocycles. The highest BCUT2D eigenvalue weighted by Crippen LogP contribution is 2.19. The summed E-state index contributed by atoms with van der Waals surface area (Å²) in [6.45, 7) is 6.30. The van der Waals surface area contributed by atoms with E-state index in [1.165, 1.54) is 32.1 Å². The molecule has 2 rings (SSSR count). The van der Waals surface area contributed by atoms with Crippen molar-refractivity contribution in [3.05, 3.63) is 0 Å². The van der Waals surface area contributed by atoms with Gasteiger partial charge in [0.25, 0.3) is 0 Å². The molecule has 0 aromatic heterocycles. The second-order valence-electron chi connectivity index (χ2n) is 5.25. The lowest BCUT2D eigenvalue weighted by molar-refractivity contribution is 0.181. The van der Waals surface area contributed by atoms with Crippen molar-refractivity contribution in [3.8, 4) is 0 Å². The standard InChI is InChI=1S/C13H26N2O/c1-2-7-14-13-10-16-9-11(13)8-15-12-5-3-4-6-12/h11-15H,2-10H2,1H3. The summed E-state index contributed by atoms with van der Waals surface area (Å²) in [5, 5.41) is 7.30. The van der Waals surface area contributed by atoms with Gasteiger partial charge in [-0.1, -0.05) is 19.8 Å². The molecule has 3 nitrogen and oxygen atoms in total. The van der Waals surface area contributed by atoms with Crippen LogP contribution in [-0.2, 0) is 4.74 Å². The maximum Gasteiger partial charge on any atom is 0.0623 e. The van der Waals surface area contributed by atoms with Gasteiger partial charge in [0, 0.05) is 24.5 Å². The largest absolute Gasteiger partial charge is 0.379 e. The molecule has 2 atom stereocenters. The fourth-order valence-corrected chi connectivity index (χ4v) is 2.80. The Balaban J connectivity index is 1.66. The molecule has 0 aromatic carbocycles. The van der Waals surface area contributed by atoms with Crippen LogP contribution in [0, 0.1) is 5.92 Å². The van der Waals surface area contributed by atoms with Crippen molar-refractivity contribution < 1.29 is 4.74 Å². The predicted octanol–water partition coefficient (Wildman–Crippen LogP) is 1.53. The number of hydrogen-bond donors (Lipinski definition) is 2. The van der Waals surface area contributed by atoms with Gasteiger partial charge in [0.05, 0.1) is 13.2 Å². The third kappa shape index (κ3) is 3.44. The van der Waals surface area contributed by atoms with E-state index in [1.807, 2.05) is 0 Å². The first-order chi connectivity index (χ1) is 7.90. The zero-order valence-electron chi connectivity index (χ0n) is 10.5. The molecule has 0 aromatic rings. The summed E-state index contributed by atoms with van der Waals surface area (Å²) in [6, 6.07) is 1.36. The van der Waals surface area contributed by atoms with E-state index in [2.05, 4.69) is 17.6 Å². The Hall–Kier alpha value is -0.120. The van der Waals surface area contributed by atoms with Gasteiger partial charge < -0.3 is 15.4 Å². The third-order valence-corrected chi connectivity index (χ3v) is 3.88. The Morgan fingerprint density at radius 1 is 1.12 bits per heavy atom. The van der Waals surface area contributed by atoms with E-state index in [0.717, 1.165) is 32.3 Å². The molecule has 2 N–H and O–H groups in total. The van der Waals surface area contributed by atoms with E-state index in [9.17, 15) is 0 Å². The Morgan fingerprint density at radius 2 is 1.94 bits per heavy atom. The average molecular weight is 226 g/mol. The molecule has 0 amide bonds. The van der Waals surface area contributed by atoms with Crippen molar-refractivity contribution in [3.63, 3.8) is 0 Å². The minimum atomic E-state index is 0.578. The Bertz CT molecular complexity index is 192. The highest BCUT2D eigenvalue weighted by Gasteiger charge is 2.28. The molecule has 2 fully saturated rings. The summed E-state index contributed by atoms with van der Waals surface area (Å²) >= 11 is 0. The van der Waals surface area contributed by atoms with E-state index in [0.29, 0.717) is 12.0 Å². The summed E-state index contributed by atoms with van der Waals surface area (Å²) in [5.41, 5.74) is 0. The van der Waals surface area contributed by atoms with Gasteiger partial charge >= 0.3 is 0 Å². The molecule has 0 spiro atoms. The fourth-order valence-electron chi connectivity index (χ4n) is 2.80. The molecule has 0 radical (unpaired) electrons. The Morgan fingerprint density at radius 3 is 2.69 bits per heavy atom. The van der Waals surface area contributed by atoms with Gasteiger partial charge in [0.15, 0.2) is 0 Å². The molecule has 94 valence electrons. The van der Waals surface area contributed by atoms with Gasteiger partial charge in [-0.15, -0.1) is 0 Å². The average Bonchev–Trinajstić information content (AvgIpc) is 2.94. The molecule has 3 heteroatoms. The molecule has 1 heterocycles. The van der Waals surface area contributed by atoms with Crippen LogP contribution in [-0.4, -0.2) is 38.4 Å². The maximum absolute atomic E-state index is 5.58. The zero-order chi connectivity index (χ0) is 11.2. The van der Waals surface area contributed by atoms with Crippen molar-refractivity contribution in [2.75, 3.05) is 26.3 Å². The highest BCUT2D eigenvalue weighted by molar-refractivity contribution is 4.84. The zero-order valence-corrected chi connectivity index (χ0v) is 10.5. The van der Waals surface area contributed by atoms with Crippen molar-refractivity contribution in [1.82, 2.24) is 10.6 Å². The minimum Gasteiger partial charge on any atom is -0.379 e. The number of rotatable bonds is 6. The summed E-state index contributed by atoms with van der Waals surface area (Å²) in [6.07, 6.45) is 6.78. The van der Waals surface area contributed by atoms with Crippen LogP contribution in [0.2, 0.25) is 0 Å². The molecule has 2 unspecified atom stereocenters. The first-order valence-electron chi connectivity index (χ1n) is 6.94. The van der Waals surface area contributed by atoms with Crippen molar-refractivity contribution in [2.24, 2.45) is 5.92 Å². The molecule has 0 bridgehead atoms. The minimum absolute atomic E-state index is 0.578. The molecule has 1 aliphatic carbocycles. The molecule has 1 saturated heterocycles. The van der Waals surface area contributed by atoms with Gasteiger partial charge in [-0.05, 0) is 25.8 Å². The number of ether oxygens (including phenoxy) is 1. The quantitative estimate of drug-likeness (QED) is 0.720. The van der Waals surface area contributed by atoms with Crippen LogP contribution in [0.4, 0.5) is 0 Å². The summed E-state index contributed by atoms with van der Waals surface area (Å²) in [7, 11) is 0. The molecule has 16 heavy (non-hydrogen) atoms. The van der Waals surface area contributed by atoms with E-state index < -0.39 is 0 Å². The smallest absolute Gasteiger partial charge is 0.0623 e. The van der Waals surface area contributed by atoms with Gasteiger partial charge in [0.2, 0.25) is 0 Å². The van der Waals surface area contributed by atoms with Crippen LogP contribution in [0.25, 0.3) is 0 Å². The van der Waals surface area contributed by atoms with Crippen LogP contribution in [0.5, 0.6) is 0 Å². The summed E-state index contributed by atoms with van der Waals surface area (Å²) in [5.74, 6) is 0.673. The number of hydrogen-bond acceptors (Lipinski definition) is 3.